The monoisotopic (exact) mass is 237 g/mol. The number of ether oxygens (including phenoxy) is 1. The molecule has 1 saturated carbocycles. The Kier molecular flexibility index (Phi) is 4.05. The number of nitrogens with zero attached hydrogens (tertiary/aromatic N) is 2. The van der Waals surface area contributed by atoms with Crippen molar-refractivity contribution in [3.63, 3.8) is 0 Å². The maximum absolute atomic E-state index is 5.43. The third-order valence-electron chi connectivity index (χ3n) is 3.89. The summed E-state index contributed by atoms with van der Waals surface area (Å²) in [7, 11) is 5.80. The van der Waals surface area contributed by atoms with Gasteiger partial charge in [0, 0.05) is 19.0 Å². The fraction of sp³-hybridized carbons (Fsp3) is 0.769. The number of hydrogen-bond donors (Lipinski definition) is 1. The van der Waals surface area contributed by atoms with Crippen molar-refractivity contribution in [3.8, 4) is 5.75 Å². The molecular weight excluding hydrogens is 214 g/mol. The Hall–Kier alpha value is -1.03. The molecule has 0 spiro atoms. The zero-order valence-corrected chi connectivity index (χ0v) is 11.1. The van der Waals surface area contributed by atoms with Crippen LogP contribution in [0.4, 0.5) is 0 Å². The molecule has 1 heterocycles. The summed E-state index contributed by atoms with van der Waals surface area (Å²) in [6.45, 7) is 0. The minimum atomic E-state index is 0.567. The lowest BCUT2D eigenvalue weighted by Gasteiger charge is -2.20. The molecule has 17 heavy (non-hydrogen) atoms. The second kappa shape index (κ2) is 5.54. The highest BCUT2D eigenvalue weighted by Gasteiger charge is 2.25. The molecule has 2 rings (SSSR count). The quantitative estimate of drug-likeness (QED) is 0.818. The van der Waals surface area contributed by atoms with Crippen molar-refractivity contribution in [1.29, 1.82) is 0 Å². The molecule has 0 radical (unpaired) electrons. The number of rotatable bonds is 3. The Morgan fingerprint density at radius 1 is 1.41 bits per heavy atom. The van der Waals surface area contributed by atoms with Gasteiger partial charge in [-0.15, -0.1) is 0 Å². The minimum absolute atomic E-state index is 0.567. The average Bonchev–Trinajstić information content (AvgIpc) is 2.58. The maximum Gasteiger partial charge on any atom is 0.160 e. The van der Waals surface area contributed by atoms with Gasteiger partial charge in [-0.25, -0.2) is 0 Å². The summed E-state index contributed by atoms with van der Waals surface area (Å²) in [6.07, 6.45) is 8.17. The molecule has 1 aliphatic carbocycles. The molecule has 2 atom stereocenters. The van der Waals surface area contributed by atoms with Crippen LogP contribution < -0.4 is 10.1 Å². The first-order chi connectivity index (χ1) is 8.26. The largest absolute Gasteiger partial charge is 0.493 e. The van der Waals surface area contributed by atoms with Crippen molar-refractivity contribution in [2.45, 2.75) is 44.1 Å². The first kappa shape index (κ1) is 12.4. The zero-order chi connectivity index (χ0) is 12.3. The second-order valence-electron chi connectivity index (χ2n) is 4.92. The van der Waals surface area contributed by atoms with Crippen LogP contribution in [0.15, 0.2) is 6.20 Å². The molecule has 0 amide bonds. The van der Waals surface area contributed by atoms with Gasteiger partial charge in [0.15, 0.2) is 5.75 Å². The molecule has 0 saturated heterocycles. The van der Waals surface area contributed by atoms with Gasteiger partial charge in [-0.3, -0.25) is 4.68 Å². The number of aromatic nitrogens is 2. The highest BCUT2D eigenvalue weighted by Crippen LogP contribution is 2.36. The third kappa shape index (κ3) is 2.63. The summed E-state index contributed by atoms with van der Waals surface area (Å²) in [6, 6.07) is 0.627. The molecule has 1 aliphatic rings. The smallest absolute Gasteiger partial charge is 0.160 e. The van der Waals surface area contributed by atoms with Crippen molar-refractivity contribution in [2.75, 3.05) is 14.2 Å². The van der Waals surface area contributed by atoms with Crippen LogP contribution in [0, 0.1) is 0 Å². The minimum Gasteiger partial charge on any atom is -0.493 e. The Labute approximate surface area is 103 Å². The molecule has 0 bridgehead atoms. The van der Waals surface area contributed by atoms with E-state index in [1.165, 1.54) is 37.8 Å². The number of nitrogens with one attached hydrogen (secondary N) is 1. The molecule has 2 unspecified atom stereocenters. The van der Waals surface area contributed by atoms with Gasteiger partial charge in [0.05, 0.1) is 19.0 Å². The molecule has 4 heteroatoms. The van der Waals surface area contributed by atoms with E-state index in [1.54, 1.807) is 7.11 Å². The van der Waals surface area contributed by atoms with Crippen LogP contribution in [0.25, 0.3) is 0 Å². The number of hydrogen-bond acceptors (Lipinski definition) is 3. The van der Waals surface area contributed by atoms with E-state index in [4.69, 9.17) is 4.74 Å². The van der Waals surface area contributed by atoms with Gasteiger partial charge in [-0.2, -0.15) is 5.10 Å². The average molecular weight is 237 g/mol. The standard InChI is InChI=1S/C13H23N3O/c1-14-11-7-5-4-6-10(8-11)13-12(17-3)9-15-16(13)2/h9-11,14H,4-8H2,1-3H3. The second-order valence-corrected chi connectivity index (χ2v) is 4.92. The molecule has 1 aromatic rings. The van der Waals surface area contributed by atoms with Crippen molar-refractivity contribution in [3.05, 3.63) is 11.9 Å². The summed E-state index contributed by atoms with van der Waals surface area (Å²) >= 11 is 0. The Balaban J connectivity index is 2.21. The summed E-state index contributed by atoms with van der Waals surface area (Å²) in [5, 5.41) is 7.74. The van der Waals surface area contributed by atoms with Gasteiger partial charge in [0.1, 0.15) is 0 Å². The Morgan fingerprint density at radius 2 is 2.18 bits per heavy atom. The van der Waals surface area contributed by atoms with Gasteiger partial charge in [-0.1, -0.05) is 12.8 Å². The van der Waals surface area contributed by atoms with Crippen LogP contribution in [-0.4, -0.2) is 30.0 Å². The fourth-order valence-corrected chi connectivity index (χ4v) is 2.92. The highest BCUT2D eigenvalue weighted by atomic mass is 16.5. The summed E-state index contributed by atoms with van der Waals surface area (Å²) in [4.78, 5) is 0. The van der Waals surface area contributed by atoms with Gasteiger partial charge < -0.3 is 10.1 Å². The lowest BCUT2D eigenvalue weighted by atomic mass is 9.94. The Bertz CT molecular complexity index is 362. The number of methoxy groups -OCH3 is 1. The van der Waals surface area contributed by atoms with Crippen LogP contribution in [0.1, 0.15) is 43.7 Å². The van der Waals surface area contributed by atoms with Crippen molar-refractivity contribution >= 4 is 0 Å². The normalized spacial score (nSPS) is 25.6. The van der Waals surface area contributed by atoms with Crippen LogP contribution >= 0.6 is 0 Å². The highest BCUT2D eigenvalue weighted by molar-refractivity contribution is 5.28. The van der Waals surface area contributed by atoms with Crippen molar-refractivity contribution in [2.24, 2.45) is 7.05 Å². The third-order valence-corrected chi connectivity index (χ3v) is 3.89. The predicted octanol–water partition coefficient (Wildman–Crippen LogP) is 2.06. The van der Waals surface area contributed by atoms with Crippen LogP contribution in [0.3, 0.4) is 0 Å². The molecule has 96 valence electrons. The van der Waals surface area contributed by atoms with Crippen LogP contribution in [-0.2, 0) is 7.05 Å². The van der Waals surface area contributed by atoms with E-state index in [9.17, 15) is 0 Å². The lowest BCUT2D eigenvalue weighted by Crippen LogP contribution is -2.26. The SMILES string of the molecule is CNC1CCCCC(c2c(OC)cnn2C)C1. The maximum atomic E-state index is 5.43. The fourth-order valence-electron chi connectivity index (χ4n) is 2.92. The van der Waals surface area contributed by atoms with E-state index in [-0.39, 0.29) is 0 Å². The van der Waals surface area contributed by atoms with Gasteiger partial charge >= 0.3 is 0 Å². The van der Waals surface area contributed by atoms with Crippen molar-refractivity contribution < 1.29 is 4.74 Å². The Morgan fingerprint density at radius 3 is 2.88 bits per heavy atom. The zero-order valence-electron chi connectivity index (χ0n) is 11.1. The van der Waals surface area contributed by atoms with Gasteiger partial charge in [0.2, 0.25) is 0 Å². The topological polar surface area (TPSA) is 39.1 Å². The molecule has 0 aliphatic heterocycles. The van der Waals surface area contributed by atoms with E-state index in [2.05, 4.69) is 17.5 Å². The predicted molar refractivity (Wildman–Crippen MR) is 68.4 cm³/mol. The van der Waals surface area contributed by atoms with E-state index in [0.29, 0.717) is 12.0 Å². The summed E-state index contributed by atoms with van der Waals surface area (Å²) in [5.41, 5.74) is 1.26. The first-order valence-corrected chi connectivity index (χ1v) is 6.49. The number of aryl methyl sites for hydroxylation is 1. The first-order valence-electron chi connectivity index (χ1n) is 6.49. The summed E-state index contributed by atoms with van der Waals surface area (Å²) < 4.78 is 7.40. The van der Waals surface area contributed by atoms with E-state index < -0.39 is 0 Å². The summed E-state index contributed by atoms with van der Waals surface area (Å²) in [5.74, 6) is 1.51. The van der Waals surface area contributed by atoms with Gasteiger partial charge in [-0.05, 0) is 26.3 Å². The van der Waals surface area contributed by atoms with E-state index in [0.717, 1.165) is 5.75 Å². The molecule has 1 N–H and O–H groups in total. The van der Waals surface area contributed by atoms with Crippen molar-refractivity contribution in [1.82, 2.24) is 15.1 Å². The molecule has 0 aromatic carbocycles. The molecule has 4 nitrogen and oxygen atoms in total. The lowest BCUT2D eigenvalue weighted by molar-refractivity contribution is 0.391. The molecule has 1 aromatic heterocycles. The molecule has 1 fully saturated rings. The molecular formula is C13H23N3O. The van der Waals surface area contributed by atoms with E-state index >= 15 is 0 Å². The van der Waals surface area contributed by atoms with Gasteiger partial charge in [0.25, 0.3) is 0 Å². The van der Waals surface area contributed by atoms with Crippen LogP contribution in [0.2, 0.25) is 0 Å². The van der Waals surface area contributed by atoms with E-state index in [1.807, 2.05) is 17.9 Å². The van der Waals surface area contributed by atoms with Crippen LogP contribution in [0.5, 0.6) is 5.75 Å².